The van der Waals surface area contributed by atoms with Crippen LogP contribution in [0.1, 0.15) is 42.6 Å². The molecule has 6 nitrogen and oxygen atoms in total. The van der Waals surface area contributed by atoms with Crippen LogP contribution >= 0.6 is 11.6 Å². The molecule has 0 spiro atoms. The van der Waals surface area contributed by atoms with Crippen LogP contribution in [0.25, 0.3) is 11.0 Å². The molecule has 0 bridgehead atoms. The van der Waals surface area contributed by atoms with E-state index in [-0.39, 0.29) is 17.0 Å². The second kappa shape index (κ2) is 10.0. The fourth-order valence-corrected chi connectivity index (χ4v) is 4.48. The fourth-order valence-electron chi connectivity index (χ4n) is 4.20. The number of aromatic nitrogens is 2. The van der Waals surface area contributed by atoms with E-state index in [1.165, 1.54) is 23.1 Å². The van der Waals surface area contributed by atoms with E-state index in [0.29, 0.717) is 29.5 Å². The lowest BCUT2D eigenvalue weighted by atomic mass is 9.84. The Labute approximate surface area is 190 Å². The molecule has 1 saturated carbocycles. The Morgan fingerprint density at radius 1 is 1.19 bits per heavy atom. The van der Waals surface area contributed by atoms with E-state index in [0.717, 1.165) is 43.9 Å². The molecule has 1 aliphatic carbocycles. The summed E-state index contributed by atoms with van der Waals surface area (Å²) in [5, 5.41) is 4.21. The SMILES string of the molecule is O=CN(CCC1CCC(NC(=O)c2ccc3cccnc3n2)CC1)c1ccc(F)cc1Cl. The molecule has 2 aromatic heterocycles. The molecule has 0 atom stereocenters. The minimum absolute atomic E-state index is 0.105. The third kappa shape index (κ3) is 5.22. The first-order valence-corrected chi connectivity index (χ1v) is 11.1. The first-order chi connectivity index (χ1) is 15.5. The fraction of sp³-hybridized carbons (Fsp3) is 0.333. The summed E-state index contributed by atoms with van der Waals surface area (Å²) >= 11 is 6.09. The van der Waals surface area contributed by atoms with Gasteiger partial charge in [-0.25, -0.2) is 14.4 Å². The molecular weight excluding hydrogens is 431 g/mol. The number of hydrogen-bond donors (Lipinski definition) is 1. The Morgan fingerprint density at radius 2 is 2.00 bits per heavy atom. The van der Waals surface area contributed by atoms with Crippen molar-refractivity contribution in [3.63, 3.8) is 0 Å². The first-order valence-electron chi connectivity index (χ1n) is 10.7. The van der Waals surface area contributed by atoms with E-state index < -0.39 is 5.82 Å². The highest BCUT2D eigenvalue weighted by atomic mass is 35.5. The molecule has 2 amide bonds. The van der Waals surface area contributed by atoms with Crippen LogP contribution in [0, 0.1) is 11.7 Å². The van der Waals surface area contributed by atoms with Crippen molar-refractivity contribution in [2.24, 2.45) is 5.92 Å². The number of pyridine rings is 2. The molecule has 3 aromatic rings. The van der Waals surface area contributed by atoms with Crippen LogP contribution in [0.15, 0.2) is 48.7 Å². The summed E-state index contributed by atoms with van der Waals surface area (Å²) in [6, 6.07) is 11.5. The number of carbonyl (C=O) groups excluding carboxylic acids is 2. The maximum absolute atomic E-state index is 13.3. The first kappa shape index (κ1) is 22.1. The third-order valence-corrected chi connectivity index (χ3v) is 6.31. The van der Waals surface area contributed by atoms with Gasteiger partial charge < -0.3 is 10.2 Å². The van der Waals surface area contributed by atoms with Crippen molar-refractivity contribution in [3.05, 3.63) is 65.2 Å². The average Bonchev–Trinajstić information content (AvgIpc) is 2.81. The molecule has 8 heteroatoms. The summed E-state index contributed by atoms with van der Waals surface area (Å²) in [5.74, 6) is -0.160. The maximum atomic E-state index is 13.3. The molecule has 1 fully saturated rings. The summed E-state index contributed by atoms with van der Waals surface area (Å²) in [4.78, 5) is 34.2. The van der Waals surface area contributed by atoms with E-state index in [2.05, 4.69) is 15.3 Å². The summed E-state index contributed by atoms with van der Waals surface area (Å²) in [7, 11) is 0. The summed E-state index contributed by atoms with van der Waals surface area (Å²) in [5.41, 5.74) is 1.45. The molecule has 0 unspecified atom stereocenters. The number of carbonyl (C=O) groups is 2. The summed E-state index contributed by atoms with van der Waals surface area (Å²) < 4.78 is 13.3. The van der Waals surface area contributed by atoms with Gasteiger partial charge in [0.2, 0.25) is 6.41 Å². The Hall–Kier alpha value is -3.06. The van der Waals surface area contributed by atoms with E-state index in [9.17, 15) is 14.0 Å². The second-order valence-electron chi connectivity index (χ2n) is 8.12. The van der Waals surface area contributed by atoms with Gasteiger partial charge in [-0.3, -0.25) is 9.59 Å². The molecule has 0 radical (unpaired) electrons. The van der Waals surface area contributed by atoms with Crippen molar-refractivity contribution in [2.45, 2.75) is 38.1 Å². The Morgan fingerprint density at radius 3 is 2.75 bits per heavy atom. The van der Waals surface area contributed by atoms with E-state index in [4.69, 9.17) is 11.6 Å². The lowest BCUT2D eigenvalue weighted by Gasteiger charge is -2.30. The van der Waals surface area contributed by atoms with Gasteiger partial charge in [0.25, 0.3) is 5.91 Å². The normalized spacial score (nSPS) is 18.3. The smallest absolute Gasteiger partial charge is 0.270 e. The van der Waals surface area contributed by atoms with Gasteiger partial charge in [-0.1, -0.05) is 11.6 Å². The van der Waals surface area contributed by atoms with Crippen molar-refractivity contribution in [3.8, 4) is 0 Å². The topological polar surface area (TPSA) is 75.2 Å². The van der Waals surface area contributed by atoms with Gasteiger partial charge in [0.15, 0.2) is 5.65 Å². The number of benzene rings is 1. The molecular formula is C24H24ClFN4O2. The van der Waals surface area contributed by atoms with E-state index in [1.807, 2.05) is 18.2 Å². The maximum Gasteiger partial charge on any atom is 0.270 e. The third-order valence-electron chi connectivity index (χ3n) is 6.00. The Balaban J connectivity index is 1.27. The molecule has 166 valence electrons. The van der Waals surface area contributed by atoms with Crippen LogP contribution in [-0.4, -0.2) is 34.9 Å². The van der Waals surface area contributed by atoms with Crippen LogP contribution in [0.5, 0.6) is 0 Å². The minimum Gasteiger partial charge on any atom is -0.348 e. The predicted molar refractivity (Wildman–Crippen MR) is 122 cm³/mol. The molecule has 1 aromatic carbocycles. The highest BCUT2D eigenvalue weighted by molar-refractivity contribution is 6.33. The number of fused-ring (bicyclic) bond motifs is 1. The van der Waals surface area contributed by atoms with Crippen molar-refractivity contribution in [1.82, 2.24) is 15.3 Å². The standard InChI is InChI=1S/C24H24ClFN4O2/c25-20-14-18(26)6-10-22(20)30(15-31)13-11-16-3-7-19(8-4-16)28-24(32)21-9-5-17-2-1-12-27-23(17)29-21/h1-2,5-6,9-10,12,14-16,19H,3-4,7-8,11,13H2,(H,28,32). The van der Waals surface area contributed by atoms with Crippen LogP contribution < -0.4 is 10.2 Å². The monoisotopic (exact) mass is 454 g/mol. The van der Waals surface area contributed by atoms with E-state index >= 15 is 0 Å². The zero-order chi connectivity index (χ0) is 22.5. The van der Waals surface area contributed by atoms with Gasteiger partial charge in [-0.05, 0) is 80.5 Å². The predicted octanol–water partition coefficient (Wildman–Crippen LogP) is 4.76. The van der Waals surface area contributed by atoms with Gasteiger partial charge in [0.05, 0.1) is 10.7 Å². The van der Waals surface area contributed by atoms with Gasteiger partial charge in [-0.15, -0.1) is 0 Å². The number of nitrogens with one attached hydrogen (secondary N) is 1. The molecule has 32 heavy (non-hydrogen) atoms. The molecule has 2 heterocycles. The van der Waals surface area contributed by atoms with Crippen molar-refractivity contribution in [1.29, 1.82) is 0 Å². The summed E-state index contributed by atoms with van der Waals surface area (Å²) in [6.07, 6.45) is 6.89. The Kier molecular flexibility index (Phi) is 6.95. The zero-order valence-corrected chi connectivity index (χ0v) is 18.3. The highest BCUT2D eigenvalue weighted by Gasteiger charge is 2.24. The lowest BCUT2D eigenvalue weighted by Crippen LogP contribution is -2.38. The second-order valence-corrected chi connectivity index (χ2v) is 8.53. The van der Waals surface area contributed by atoms with Crippen molar-refractivity contribution < 1.29 is 14.0 Å². The number of hydrogen-bond acceptors (Lipinski definition) is 4. The van der Waals surface area contributed by atoms with Gasteiger partial charge in [0.1, 0.15) is 11.5 Å². The molecule has 0 saturated heterocycles. The van der Waals surface area contributed by atoms with Crippen LogP contribution in [0.3, 0.4) is 0 Å². The van der Waals surface area contributed by atoms with Gasteiger partial charge in [-0.2, -0.15) is 0 Å². The number of halogens is 2. The number of nitrogens with zero attached hydrogens (tertiary/aromatic N) is 3. The van der Waals surface area contributed by atoms with Crippen molar-refractivity contribution in [2.75, 3.05) is 11.4 Å². The van der Waals surface area contributed by atoms with E-state index in [1.54, 1.807) is 12.3 Å². The molecule has 1 aliphatic rings. The zero-order valence-electron chi connectivity index (χ0n) is 17.5. The molecule has 4 rings (SSSR count). The van der Waals surface area contributed by atoms with Crippen molar-refractivity contribution >= 4 is 40.6 Å². The average molecular weight is 455 g/mol. The Bertz CT molecular complexity index is 1120. The highest BCUT2D eigenvalue weighted by Crippen LogP contribution is 2.30. The van der Waals surface area contributed by atoms with Crippen LogP contribution in [0.2, 0.25) is 5.02 Å². The molecule has 0 aliphatic heterocycles. The lowest BCUT2D eigenvalue weighted by molar-refractivity contribution is -0.107. The quantitative estimate of drug-likeness (QED) is 0.522. The molecule has 1 N–H and O–H groups in total. The number of amides is 2. The van der Waals surface area contributed by atoms with Crippen LogP contribution in [0.4, 0.5) is 10.1 Å². The van der Waals surface area contributed by atoms with Gasteiger partial charge >= 0.3 is 0 Å². The largest absolute Gasteiger partial charge is 0.348 e. The summed E-state index contributed by atoms with van der Waals surface area (Å²) in [6.45, 7) is 0.518. The number of rotatable bonds is 7. The minimum atomic E-state index is -0.430. The van der Waals surface area contributed by atoms with Crippen LogP contribution in [-0.2, 0) is 4.79 Å². The number of anilines is 1. The van der Waals surface area contributed by atoms with Gasteiger partial charge in [0, 0.05) is 24.2 Å².